The minimum atomic E-state index is -1.09. The zero-order chi connectivity index (χ0) is 16.7. The third-order valence-electron chi connectivity index (χ3n) is 5.67. The molecule has 3 aliphatic rings. The van der Waals surface area contributed by atoms with Crippen molar-refractivity contribution in [2.45, 2.75) is 50.3 Å². The molecule has 2 amide bonds. The van der Waals surface area contributed by atoms with Gasteiger partial charge in [0.2, 0.25) is 5.91 Å². The minimum absolute atomic E-state index is 0.213. The first-order valence-electron chi connectivity index (χ1n) is 8.98. The number of fused-ring (bicyclic) bond motifs is 1. The molecule has 1 aliphatic carbocycles. The van der Waals surface area contributed by atoms with Crippen molar-refractivity contribution in [2.75, 3.05) is 13.1 Å². The maximum Gasteiger partial charge on any atom is 0.256 e. The van der Waals surface area contributed by atoms with Gasteiger partial charge in [-0.2, -0.15) is 0 Å². The highest BCUT2D eigenvalue weighted by atomic mass is 16.3. The SMILES string of the molecule is O=C([C@H](O)c1ccccc1)N1CC[C@@H]2[C@@H](CCC(=O)N2C2CC2)C1. The van der Waals surface area contributed by atoms with Gasteiger partial charge in [-0.3, -0.25) is 9.59 Å². The van der Waals surface area contributed by atoms with E-state index >= 15 is 0 Å². The number of hydrogen-bond donors (Lipinski definition) is 1. The Morgan fingerprint density at radius 3 is 2.58 bits per heavy atom. The van der Waals surface area contributed by atoms with Crippen LogP contribution >= 0.6 is 0 Å². The number of benzene rings is 1. The van der Waals surface area contributed by atoms with Gasteiger partial charge in [0.05, 0.1) is 0 Å². The highest BCUT2D eigenvalue weighted by Crippen LogP contribution is 2.39. The summed E-state index contributed by atoms with van der Waals surface area (Å²) in [5, 5.41) is 10.4. The van der Waals surface area contributed by atoms with Crippen LogP contribution in [0.3, 0.4) is 0 Å². The summed E-state index contributed by atoms with van der Waals surface area (Å²) in [5.41, 5.74) is 0.642. The molecular formula is C19H24N2O3. The van der Waals surface area contributed by atoms with E-state index in [1.165, 1.54) is 0 Å². The lowest BCUT2D eigenvalue weighted by atomic mass is 9.83. The smallest absolute Gasteiger partial charge is 0.256 e. The van der Waals surface area contributed by atoms with Crippen molar-refractivity contribution in [2.24, 2.45) is 5.92 Å². The molecule has 4 rings (SSSR count). The predicted octanol–water partition coefficient (Wildman–Crippen LogP) is 1.72. The molecule has 128 valence electrons. The molecule has 2 heterocycles. The van der Waals surface area contributed by atoms with E-state index in [9.17, 15) is 14.7 Å². The van der Waals surface area contributed by atoms with Gasteiger partial charge in [0, 0.05) is 31.6 Å². The van der Waals surface area contributed by atoms with Crippen molar-refractivity contribution in [1.29, 1.82) is 0 Å². The largest absolute Gasteiger partial charge is 0.378 e. The zero-order valence-corrected chi connectivity index (χ0v) is 13.8. The van der Waals surface area contributed by atoms with Crippen molar-refractivity contribution in [3.63, 3.8) is 0 Å². The van der Waals surface area contributed by atoms with Gasteiger partial charge in [-0.25, -0.2) is 0 Å². The summed E-state index contributed by atoms with van der Waals surface area (Å²) in [4.78, 5) is 28.8. The van der Waals surface area contributed by atoms with E-state index in [4.69, 9.17) is 0 Å². The lowest BCUT2D eigenvalue weighted by Crippen LogP contribution is -2.58. The number of hydrogen-bond acceptors (Lipinski definition) is 3. The highest BCUT2D eigenvalue weighted by molar-refractivity contribution is 5.82. The molecule has 3 fully saturated rings. The summed E-state index contributed by atoms with van der Waals surface area (Å²) in [5.74, 6) is 0.432. The fourth-order valence-corrected chi connectivity index (χ4v) is 4.27. The van der Waals surface area contributed by atoms with Gasteiger partial charge < -0.3 is 14.9 Å². The quantitative estimate of drug-likeness (QED) is 0.919. The van der Waals surface area contributed by atoms with Crippen LogP contribution in [0.25, 0.3) is 0 Å². The van der Waals surface area contributed by atoms with E-state index in [-0.39, 0.29) is 11.9 Å². The topological polar surface area (TPSA) is 60.9 Å². The molecule has 0 unspecified atom stereocenters. The van der Waals surface area contributed by atoms with Crippen LogP contribution in [0.4, 0.5) is 0 Å². The summed E-state index contributed by atoms with van der Waals surface area (Å²) >= 11 is 0. The average Bonchev–Trinajstić information content (AvgIpc) is 3.45. The standard InChI is InChI=1S/C19H24N2O3/c22-17-9-6-14-12-20(11-10-16(14)21(17)15-7-8-15)19(24)18(23)13-4-2-1-3-5-13/h1-5,14-16,18,23H,6-12H2/t14-,16+,18+/m0/s1. The molecule has 0 aromatic heterocycles. The molecule has 2 saturated heterocycles. The first-order chi connectivity index (χ1) is 11.6. The first-order valence-corrected chi connectivity index (χ1v) is 8.98. The molecule has 24 heavy (non-hydrogen) atoms. The Labute approximate surface area is 142 Å². The Morgan fingerprint density at radius 1 is 1.12 bits per heavy atom. The van der Waals surface area contributed by atoms with Crippen LogP contribution in [-0.4, -0.2) is 51.9 Å². The van der Waals surface area contributed by atoms with Crippen LogP contribution < -0.4 is 0 Å². The number of aliphatic hydroxyl groups is 1. The third kappa shape index (κ3) is 2.81. The average molecular weight is 328 g/mol. The number of nitrogens with zero attached hydrogens (tertiary/aromatic N) is 2. The number of rotatable bonds is 3. The van der Waals surface area contributed by atoms with E-state index in [1.807, 2.05) is 18.2 Å². The molecule has 1 N–H and O–H groups in total. The number of likely N-dealkylation sites (tertiary alicyclic amines) is 2. The lowest BCUT2D eigenvalue weighted by Gasteiger charge is -2.47. The summed E-state index contributed by atoms with van der Waals surface area (Å²) in [6.45, 7) is 1.28. The number of piperidine rings is 2. The van der Waals surface area contributed by atoms with Crippen molar-refractivity contribution in [1.82, 2.24) is 9.80 Å². The molecule has 1 aromatic rings. The minimum Gasteiger partial charge on any atom is -0.378 e. The summed E-state index contributed by atoms with van der Waals surface area (Å²) < 4.78 is 0. The van der Waals surface area contributed by atoms with Crippen molar-refractivity contribution < 1.29 is 14.7 Å². The number of aliphatic hydroxyl groups excluding tert-OH is 1. The Balaban J connectivity index is 1.44. The molecule has 5 nitrogen and oxygen atoms in total. The van der Waals surface area contributed by atoms with Crippen molar-refractivity contribution in [3.05, 3.63) is 35.9 Å². The maximum atomic E-state index is 12.7. The fourth-order valence-electron chi connectivity index (χ4n) is 4.27. The third-order valence-corrected chi connectivity index (χ3v) is 5.67. The second kappa shape index (κ2) is 6.20. The fraction of sp³-hybridized carbons (Fsp3) is 0.579. The molecular weight excluding hydrogens is 304 g/mol. The number of carbonyl (C=O) groups excluding carboxylic acids is 2. The van der Waals surface area contributed by atoms with Crippen LogP contribution in [0.2, 0.25) is 0 Å². The Kier molecular flexibility index (Phi) is 4.04. The van der Waals surface area contributed by atoms with Gasteiger partial charge in [-0.1, -0.05) is 30.3 Å². The monoisotopic (exact) mass is 328 g/mol. The summed E-state index contributed by atoms with van der Waals surface area (Å²) in [6.07, 6.45) is 3.46. The normalized spacial score (nSPS) is 28.5. The van der Waals surface area contributed by atoms with Gasteiger partial charge in [-0.15, -0.1) is 0 Å². The molecule has 2 aliphatic heterocycles. The number of amides is 2. The molecule has 0 radical (unpaired) electrons. The van der Waals surface area contributed by atoms with E-state index < -0.39 is 6.10 Å². The van der Waals surface area contributed by atoms with Crippen LogP contribution in [-0.2, 0) is 9.59 Å². The van der Waals surface area contributed by atoms with Crippen molar-refractivity contribution >= 4 is 11.8 Å². The Morgan fingerprint density at radius 2 is 1.88 bits per heavy atom. The predicted molar refractivity (Wildman–Crippen MR) is 89.0 cm³/mol. The lowest BCUT2D eigenvalue weighted by molar-refractivity contribution is -0.149. The Bertz CT molecular complexity index is 629. The van der Waals surface area contributed by atoms with Crippen LogP contribution in [0.15, 0.2) is 30.3 Å². The van der Waals surface area contributed by atoms with E-state index in [0.29, 0.717) is 42.9 Å². The maximum absolute atomic E-state index is 12.7. The van der Waals surface area contributed by atoms with E-state index in [1.54, 1.807) is 17.0 Å². The summed E-state index contributed by atoms with van der Waals surface area (Å²) in [6, 6.07) is 9.83. The van der Waals surface area contributed by atoms with Gasteiger partial charge in [0.15, 0.2) is 6.10 Å². The number of carbonyl (C=O) groups is 2. The molecule has 0 bridgehead atoms. The van der Waals surface area contributed by atoms with Gasteiger partial charge >= 0.3 is 0 Å². The molecule has 1 aromatic carbocycles. The van der Waals surface area contributed by atoms with Gasteiger partial charge in [0.25, 0.3) is 5.91 Å². The second-order valence-corrected chi connectivity index (χ2v) is 7.28. The van der Waals surface area contributed by atoms with Crippen LogP contribution in [0, 0.1) is 5.92 Å². The Hall–Kier alpha value is -1.88. The molecule has 0 spiro atoms. The molecule has 5 heteroatoms. The zero-order valence-electron chi connectivity index (χ0n) is 13.8. The van der Waals surface area contributed by atoms with Crippen LogP contribution in [0.1, 0.15) is 43.8 Å². The van der Waals surface area contributed by atoms with Crippen molar-refractivity contribution in [3.8, 4) is 0 Å². The second-order valence-electron chi connectivity index (χ2n) is 7.28. The summed E-state index contributed by atoms with van der Waals surface area (Å²) in [7, 11) is 0. The highest BCUT2D eigenvalue weighted by Gasteiger charge is 2.46. The molecule has 3 atom stereocenters. The van der Waals surface area contributed by atoms with Crippen LogP contribution in [0.5, 0.6) is 0 Å². The molecule has 1 saturated carbocycles. The van der Waals surface area contributed by atoms with Gasteiger partial charge in [0.1, 0.15) is 0 Å². The van der Waals surface area contributed by atoms with Gasteiger partial charge in [-0.05, 0) is 37.2 Å². The van der Waals surface area contributed by atoms with E-state index in [0.717, 1.165) is 25.7 Å². The van der Waals surface area contributed by atoms with E-state index in [2.05, 4.69) is 4.90 Å². The first kappa shape index (κ1) is 15.6.